The summed E-state index contributed by atoms with van der Waals surface area (Å²) in [4.78, 5) is 12.1. The van der Waals surface area contributed by atoms with Crippen LogP contribution in [0.25, 0.3) is 0 Å². The second kappa shape index (κ2) is 5.64. The summed E-state index contributed by atoms with van der Waals surface area (Å²) < 4.78 is 0. The van der Waals surface area contributed by atoms with Crippen molar-refractivity contribution in [1.29, 1.82) is 5.26 Å². The summed E-state index contributed by atoms with van der Waals surface area (Å²) in [5, 5.41) is 12.2. The lowest BCUT2D eigenvalue weighted by Gasteiger charge is -2.09. The molecule has 5 heteroatoms. The van der Waals surface area contributed by atoms with Crippen LogP contribution in [0.1, 0.15) is 21.5 Å². The molecule has 100 valence electrons. The van der Waals surface area contributed by atoms with E-state index in [0.717, 1.165) is 5.56 Å². The number of rotatable bonds is 2. The fourth-order valence-electron chi connectivity index (χ4n) is 1.80. The molecule has 0 radical (unpaired) electrons. The summed E-state index contributed by atoms with van der Waals surface area (Å²) in [6.07, 6.45) is 0. The number of nitrogens with one attached hydrogen (secondary N) is 1. The minimum atomic E-state index is -0.338. The molecule has 2 aromatic carbocycles. The molecule has 2 rings (SSSR count). The molecule has 1 amide bonds. The first kappa shape index (κ1) is 13.9. The molecule has 0 unspecified atom stereocenters. The van der Waals surface area contributed by atoms with Crippen LogP contribution in [0.15, 0.2) is 36.4 Å². The molecule has 3 N–H and O–H groups in total. The Morgan fingerprint density at radius 3 is 2.75 bits per heavy atom. The molecule has 0 aliphatic rings. The molecule has 0 atom stereocenters. The lowest BCUT2D eigenvalue weighted by atomic mass is 10.1. The third-order valence-electron chi connectivity index (χ3n) is 2.89. The number of hydrogen-bond acceptors (Lipinski definition) is 3. The lowest BCUT2D eigenvalue weighted by Crippen LogP contribution is -2.13. The van der Waals surface area contributed by atoms with Gasteiger partial charge in [-0.1, -0.05) is 23.7 Å². The third kappa shape index (κ3) is 2.73. The van der Waals surface area contributed by atoms with Crippen molar-refractivity contribution in [2.24, 2.45) is 0 Å². The zero-order valence-corrected chi connectivity index (χ0v) is 11.5. The molecule has 0 bridgehead atoms. The highest BCUT2D eigenvalue weighted by Crippen LogP contribution is 2.22. The van der Waals surface area contributed by atoms with Gasteiger partial charge in [0.15, 0.2) is 0 Å². The Bertz CT molecular complexity index is 720. The van der Waals surface area contributed by atoms with Crippen LogP contribution in [0.5, 0.6) is 0 Å². The van der Waals surface area contributed by atoms with Gasteiger partial charge in [-0.2, -0.15) is 5.26 Å². The number of nitrogens with zero attached hydrogens (tertiary/aromatic N) is 1. The van der Waals surface area contributed by atoms with E-state index in [9.17, 15) is 4.79 Å². The van der Waals surface area contributed by atoms with Gasteiger partial charge in [-0.3, -0.25) is 4.79 Å². The second-order valence-corrected chi connectivity index (χ2v) is 4.71. The maximum absolute atomic E-state index is 12.1. The minimum Gasteiger partial charge on any atom is -0.398 e. The van der Waals surface area contributed by atoms with E-state index in [4.69, 9.17) is 22.6 Å². The molecule has 4 nitrogen and oxygen atoms in total. The van der Waals surface area contributed by atoms with E-state index in [1.54, 1.807) is 24.3 Å². The van der Waals surface area contributed by atoms with Gasteiger partial charge >= 0.3 is 0 Å². The van der Waals surface area contributed by atoms with E-state index in [2.05, 4.69) is 11.4 Å². The first-order valence-corrected chi connectivity index (χ1v) is 6.27. The van der Waals surface area contributed by atoms with Crippen LogP contribution in [0.2, 0.25) is 5.02 Å². The van der Waals surface area contributed by atoms with Gasteiger partial charge in [-0.05, 0) is 36.8 Å². The maximum Gasteiger partial charge on any atom is 0.255 e. The number of nitrogen functional groups attached to an aromatic ring is 1. The van der Waals surface area contributed by atoms with Crippen LogP contribution >= 0.6 is 11.6 Å². The largest absolute Gasteiger partial charge is 0.398 e. The van der Waals surface area contributed by atoms with Gasteiger partial charge in [-0.25, -0.2) is 0 Å². The second-order valence-electron chi connectivity index (χ2n) is 4.30. The quantitative estimate of drug-likeness (QED) is 0.831. The summed E-state index contributed by atoms with van der Waals surface area (Å²) in [6, 6.07) is 12.0. The molecular weight excluding hydrogens is 274 g/mol. The minimum absolute atomic E-state index is 0.337. The number of nitrogens with two attached hydrogens (primary N) is 1. The topological polar surface area (TPSA) is 78.9 Å². The molecular formula is C15H12ClN3O. The van der Waals surface area contributed by atoms with Crippen molar-refractivity contribution in [1.82, 2.24) is 0 Å². The van der Waals surface area contributed by atoms with E-state index >= 15 is 0 Å². The van der Waals surface area contributed by atoms with Gasteiger partial charge in [0.25, 0.3) is 5.91 Å². The molecule has 20 heavy (non-hydrogen) atoms. The average molecular weight is 286 g/mol. The van der Waals surface area contributed by atoms with Crippen LogP contribution in [0.4, 0.5) is 11.4 Å². The average Bonchev–Trinajstić information content (AvgIpc) is 2.42. The molecule has 0 spiro atoms. The number of anilines is 2. The molecule has 0 aliphatic heterocycles. The predicted octanol–water partition coefficient (Wildman–Crippen LogP) is 3.35. The summed E-state index contributed by atoms with van der Waals surface area (Å²) in [7, 11) is 0. The van der Waals surface area contributed by atoms with Gasteiger partial charge in [0.2, 0.25) is 0 Å². The van der Waals surface area contributed by atoms with E-state index in [-0.39, 0.29) is 5.91 Å². The van der Waals surface area contributed by atoms with E-state index in [1.165, 1.54) is 6.07 Å². The van der Waals surface area contributed by atoms with Crippen molar-refractivity contribution in [2.75, 3.05) is 11.1 Å². The standard InChI is InChI=1S/C15H12ClN3O/c1-9-3-2-4-14(11(9)8-17)19-15(20)10-5-6-12(16)13(18)7-10/h2-7H,18H2,1H3,(H,19,20). The van der Waals surface area contributed by atoms with Crippen LogP contribution in [0, 0.1) is 18.3 Å². The van der Waals surface area contributed by atoms with Crippen molar-refractivity contribution in [2.45, 2.75) is 6.92 Å². The Morgan fingerprint density at radius 2 is 2.10 bits per heavy atom. The van der Waals surface area contributed by atoms with Crippen LogP contribution < -0.4 is 11.1 Å². The van der Waals surface area contributed by atoms with Crippen LogP contribution in [-0.2, 0) is 0 Å². The molecule has 0 saturated heterocycles. The molecule has 0 heterocycles. The molecule has 0 saturated carbocycles. The fraction of sp³-hybridized carbons (Fsp3) is 0.0667. The number of hydrogen-bond donors (Lipinski definition) is 2. The van der Waals surface area contributed by atoms with Crippen molar-refractivity contribution >= 4 is 28.9 Å². The van der Waals surface area contributed by atoms with Gasteiger partial charge in [-0.15, -0.1) is 0 Å². The van der Waals surface area contributed by atoms with Crippen LogP contribution in [0.3, 0.4) is 0 Å². The van der Waals surface area contributed by atoms with Crippen molar-refractivity contribution in [3.05, 3.63) is 58.1 Å². The first-order valence-electron chi connectivity index (χ1n) is 5.89. The number of carbonyl (C=O) groups excluding carboxylic acids is 1. The number of nitriles is 1. The first-order chi connectivity index (χ1) is 9.52. The van der Waals surface area contributed by atoms with Gasteiger partial charge in [0, 0.05) is 5.56 Å². The number of amides is 1. The highest BCUT2D eigenvalue weighted by molar-refractivity contribution is 6.33. The fourth-order valence-corrected chi connectivity index (χ4v) is 1.92. The smallest absolute Gasteiger partial charge is 0.255 e. The number of benzene rings is 2. The Kier molecular flexibility index (Phi) is 3.92. The van der Waals surface area contributed by atoms with Gasteiger partial charge in [0.05, 0.1) is 22.0 Å². The number of halogens is 1. The zero-order chi connectivity index (χ0) is 14.7. The lowest BCUT2D eigenvalue weighted by molar-refractivity contribution is 0.102. The summed E-state index contributed by atoms with van der Waals surface area (Å²) in [5.74, 6) is -0.338. The van der Waals surface area contributed by atoms with Crippen molar-refractivity contribution < 1.29 is 4.79 Å². The Hall–Kier alpha value is -2.51. The third-order valence-corrected chi connectivity index (χ3v) is 3.24. The highest BCUT2D eigenvalue weighted by atomic mass is 35.5. The van der Waals surface area contributed by atoms with Crippen molar-refractivity contribution in [3.63, 3.8) is 0 Å². The molecule has 0 aromatic heterocycles. The summed E-state index contributed by atoms with van der Waals surface area (Å²) in [6.45, 7) is 1.81. The van der Waals surface area contributed by atoms with E-state index < -0.39 is 0 Å². The predicted molar refractivity (Wildman–Crippen MR) is 79.7 cm³/mol. The molecule has 0 aliphatic carbocycles. The zero-order valence-electron chi connectivity index (χ0n) is 10.8. The van der Waals surface area contributed by atoms with E-state index in [0.29, 0.717) is 27.5 Å². The highest BCUT2D eigenvalue weighted by Gasteiger charge is 2.11. The Balaban J connectivity index is 2.31. The van der Waals surface area contributed by atoms with Gasteiger partial charge < -0.3 is 11.1 Å². The van der Waals surface area contributed by atoms with Gasteiger partial charge in [0.1, 0.15) is 6.07 Å². The summed E-state index contributed by atoms with van der Waals surface area (Å²) in [5.41, 5.74) is 8.12. The number of carbonyl (C=O) groups is 1. The summed E-state index contributed by atoms with van der Waals surface area (Å²) >= 11 is 5.81. The molecule has 2 aromatic rings. The normalized spacial score (nSPS) is 9.85. The molecule has 0 fully saturated rings. The maximum atomic E-state index is 12.1. The van der Waals surface area contributed by atoms with Crippen molar-refractivity contribution in [3.8, 4) is 6.07 Å². The van der Waals surface area contributed by atoms with E-state index in [1.807, 2.05) is 13.0 Å². The monoisotopic (exact) mass is 285 g/mol. The SMILES string of the molecule is Cc1cccc(NC(=O)c2ccc(Cl)c(N)c2)c1C#N. The number of aryl methyl sites for hydroxylation is 1. The Labute approximate surface area is 121 Å². The Morgan fingerprint density at radius 1 is 1.35 bits per heavy atom. The van der Waals surface area contributed by atoms with Crippen LogP contribution in [-0.4, -0.2) is 5.91 Å².